The third kappa shape index (κ3) is 5.53. The first-order chi connectivity index (χ1) is 13.6. The summed E-state index contributed by atoms with van der Waals surface area (Å²) in [6.45, 7) is 5.62. The van der Waals surface area contributed by atoms with Gasteiger partial charge in [0.1, 0.15) is 5.75 Å². The van der Waals surface area contributed by atoms with Crippen LogP contribution in [0.15, 0.2) is 42.5 Å². The maximum Gasteiger partial charge on any atom is 0.252 e. The lowest BCUT2D eigenvalue weighted by atomic mass is 10.2. The molecule has 0 aliphatic carbocycles. The van der Waals surface area contributed by atoms with Crippen molar-refractivity contribution >= 4 is 34.8 Å². The zero-order chi connectivity index (χ0) is 19.9. The normalized spacial score (nSPS) is 14.8. The lowest BCUT2D eigenvalue weighted by Crippen LogP contribution is -2.47. The van der Waals surface area contributed by atoms with Crippen molar-refractivity contribution in [1.29, 1.82) is 0 Å². The largest absolute Gasteiger partial charge is 0.497 e. The number of nitrogens with one attached hydrogen (secondary N) is 1. The maximum absolute atomic E-state index is 12.2. The van der Waals surface area contributed by atoms with Gasteiger partial charge >= 0.3 is 0 Å². The van der Waals surface area contributed by atoms with E-state index in [0.29, 0.717) is 22.2 Å². The summed E-state index contributed by atoms with van der Waals surface area (Å²) in [6.07, 6.45) is 0.902. The van der Waals surface area contributed by atoms with Gasteiger partial charge in [0.15, 0.2) is 0 Å². The molecule has 0 unspecified atom stereocenters. The molecule has 0 saturated carbocycles. The second-order valence-electron chi connectivity index (χ2n) is 6.76. The van der Waals surface area contributed by atoms with Gasteiger partial charge in [0, 0.05) is 43.4 Å². The molecule has 0 atom stereocenters. The number of rotatable bonds is 7. The van der Waals surface area contributed by atoms with Crippen LogP contribution in [-0.4, -0.2) is 57.2 Å². The molecule has 0 spiro atoms. The number of amides is 1. The van der Waals surface area contributed by atoms with Crippen LogP contribution in [0.1, 0.15) is 16.8 Å². The highest BCUT2D eigenvalue weighted by Gasteiger charge is 2.17. The van der Waals surface area contributed by atoms with E-state index in [-0.39, 0.29) is 5.91 Å². The number of ether oxygens (including phenoxy) is 1. The standard InChI is InChI=1S/C21H25Cl2N3O2/c1-28-18-6-4-17(5-7-18)26-13-11-25(12-14-26)10-2-9-24-21(27)19-8-3-16(22)15-20(19)23/h3-8,15H,2,9-14H2,1H3,(H,24,27). The molecule has 1 amide bonds. The summed E-state index contributed by atoms with van der Waals surface area (Å²) in [5.74, 6) is 0.718. The summed E-state index contributed by atoms with van der Waals surface area (Å²) in [4.78, 5) is 17.0. The van der Waals surface area contributed by atoms with Gasteiger partial charge in [0.05, 0.1) is 17.7 Å². The molecular formula is C21H25Cl2N3O2. The van der Waals surface area contributed by atoms with E-state index in [1.165, 1.54) is 5.69 Å². The van der Waals surface area contributed by atoms with Gasteiger partial charge in [-0.05, 0) is 55.4 Å². The number of nitrogens with zero attached hydrogens (tertiary/aromatic N) is 2. The van der Waals surface area contributed by atoms with Crippen molar-refractivity contribution in [3.05, 3.63) is 58.1 Å². The van der Waals surface area contributed by atoms with Crippen LogP contribution in [0, 0.1) is 0 Å². The number of carbonyl (C=O) groups excluding carboxylic acids is 1. The number of halogens is 2. The van der Waals surface area contributed by atoms with Crippen LogP contribution in [0.2, 0.25) is 10.0 Å². The third-order valence-corrected chi connectivity index (χ3v) is 5.47. The average Bonchev–Trinajstić information content (AvgIpc) is 2.71. The van der Waals surface area contributed by atoms with Gasteiger partial charge < -0.3 is 15.0 Å². The Bertz CT molecular complexity index is 791. The Balaban J connectivity index is 1.36. The topological polar surface area (TPSA) is 44.8 Å². The van der Waals surface area contributed by atoms with Crippen LogP contribution >= 0.6 is 23.2 Å². The van der Waals surface area contributed by atoms with Crippen molar-refractivity contribution < 1.29 is 9.53 Å². The Labute approximate surface area is 176 Å². The highest BCUT2D eigenvalue weighted by Crippen LogP contribution is 2.21. The second-order valence-corrected chi connectivity index (χ2v) is 7.60. The molecule has 1 fully saturated rings. The fraction of sp³-hybridized carbons (Fsp3) is 0.381. The fourth-order valence-corrected chi connectivity index (χ4v) is 3.79. The molecule has 2 aromatic rings. The van der Waals surface area contributed by atoms with Crippen molar-refractivity contribution in [2.75, 3.05) is 51.3 Å². The molecule has 150 valence electrons. The van der Waals surface area contributed by atoms with Crippen LogP contribution in [0.4, 0.5) is 5.69 Å². The Morgan fingerprint density at radius 1 is 1.07 bits per heavy atom. The lowest BCUT2D eigenvalue weighted by Gasteiger charge is -2.36. The smallest absolute Gasteiger partial charge is 0.252 e. The molecule has 1 saturated heterocycles. The molecule has 28 heavy (non-hydrogen) atoms. The predicted octanol–water partition coefficient (Wildman–Crippen LogP) is 3.94. The minimum Gasteiger partial charge on any atom is -0.497 e. The Kier molecular flexibility index (Phi) is 7.43. The molecule has 1 aliphatic heterocycles. The second kappa shape index (κ2) is 10.0. The molecule has 0 aromatic heterocycles. The lowest BCUT2D eigenvalue weighted by molar-refractivity contribution is 0.0951. The van der Waals surface area contributed by atoms with Crippen LogP contribution < -0.4 is 15.0 Å². The number of hydrogen-bond donors (Lipinski definition) is 1. The molecule has 7 heteroatoms. The van der Waals surface area contributed by atoms with Crippen LogP contribution in [0.25, 0.3) is 0 Å². The Morgan fingerprint density at radius 2 is 1.79 bits per heavy atom. The fourth-order valence-electron chi connectivity index (χ4n) is 3.30. The number of benzene rings is 2. The van der Waals surface area contributed by atoms with Gasteiger partial charge in [0.25, 0.3) is 5.91 Å². The van der Waals surface area contributed by atoms with Gasteiger partial charge in [-0.3, -0.25) is 9.69 Å². The molecule has 3 rings (SSSR count). The summed E-state index contributed by atoms with van der Waals surface area (Å²) in [7, 11) is 1.68. The van der Waals surface area contributed by atoms with E-state index < -0.39 is 0 Å². The summed E-state index contributed by atoms with van der Waals surface area (Å²) < 4.78 is 5.22. The van der Waals surface area contributed by atoms with E-state index in [9.17, 15) is 4.79 Å². The molecule has 5 nitrogen and oxygen atoms in total. The van der Waals surface area contributed by atoms with E-state index in [0.717, 1.165) is 44.9 Å². The van der Waals surface area contributed by atoms with Crippen molar-refractivity contribution in [2.45, 2.75) is 6.42 Å². The zero-order valence-electron chi connectivity index (χ0n) is 16.0. The minimum absolute atomic E-state index is 0.161. The first-order valence-corrected chi connectivity index (χ1v) is 10.2. The predicted molar refractivity (Wildman–Crippen MR) is 115 cm³/mol. The average molecular weight is 422 g/mol. The summed E-state index contributed by atoms with van der Waals surface area (Å²) >= 11 is 11.9. The number of hydrogen-bond acceptors (Lipinski definition) is 4. The first kappa shape index (κ1) is 20.8. The van der Waals surface area contributed by atoms with E-state index in [2.05, 4.69) is 27.2 Å². The van der Waals surface area contributed by atoms with E-state index in [4.69, 9.17) is 27.9 Å². The molecule has 2 aromatic carbocycles. The maximum atomic E-state index is 12.2. The molecule has 0 radical (unpaired) electrons. The highest BCUT2D eigenvalue weighted by molar-refractivity contribution is 6.36. The highest BCUT2D eigenvalue weighted by atomic mass is 35.5. The molecule has 1 heterocycles. The number of methoxy groups -OCH3 is 1. The molecule has 0 bridgehead atoms. The first-order valence-electron chi connectivity index (χ1n) is 9.41. The van der Waals surface area contributed by atoms with Gasteiger partial charge in [-0.2, -0.15) is 0 Å². The molecule has 1 N–H and O–H groups in total. The minimum atomic E-state index is -0.161. The third-order valence-electron chi connectivity index (χ3n) is 4.92. The Morgan fingerprint density at radius 3 is 2.43 bits per heavy atom. The van der Waals surface area contributed by atoms with Gasteiger partial charge in [-0.25, -0.2) is 0 Å². The summed E-state index contributed by atoms with van der Waals surface area (Å²) in [6, 6.07) is 13.1. The van der Waals surface area contributed by atoms with Crippen molar-refractivity contribution in [1.82, 2.24) is 10.2 Å². The zero-order valence-corrected chi connectivity index (χ0v) is 17.5. The van der Waals surface area contributed by atoms with Gasteiger partial charge in [0.2, 0.25) is 0 Å². The van der Waals surface area contributed by atoms with Gasteiger partial charge in [-0.15, -0.1) is 0 Å². The summed E-state index contributed by atoms with van der Waals surface area (Å²) in [5, 5.41) is 3.83. The van der Waals surface area contributed by atoms with Crippen molar-refractivity contribution in [3.8, 4) is 5.75 Å². The van der Waals surface area contributed by atoms with Crippen LogP contribution in [-0.2, 0) is 0 Å². The van der Waals surface area contributed by atoms with Crippen LogP contribution in [0.3, 0.4) is 0 Å². The van der Waals surface area contributed by atoms with E-state index in [1.807, 2.05) is 12.1 Å². The van der Waals surface area contributed by atoms with Crippen molar-refractivity contribution in [3.63, 3.8) is 0 Å². The monoisotopic (exact) mass is 421 g/mol. The summed E-state index contributed by atoms with van der Waals surface area (Å²) in [5.41, 5.74) is 1.69. The number of anilines is 1. The van der Waals surface area contributed by atoms with Crippen molar-refractivity contribution in [2.24, 2.45) is 0 Å². The SMILES string of the molecule is COc1ccc(N2CCN(CCCNC(=O)c3ccc(Cl)cc3Cl)CC2)cc1. The van der Waals surface area contributed by atoms with E-state index >= 15 is 0 Å². The Hall–Kier alpha value is -1.95. The quantitative estimate of drug-likeness (QED) is 0.687. The van der Waals surface area contributed by atoms with Crippen LogP contribution in [0.5, 0.6) is 5.75 Å². The molecular weight excluding hydrogens is 397 g/mol. The van der Waals surface area contributed by atoms with Gasteiger partial charge in [-0.1, -0.05) is 23.2 Å². The number of piperazine rings is 1. The number of carbonyl (C=O) groups is 1. The molecule has 1 aliphatic rings. The van der Waals surface area contributed by atoms with E-state index in [1.54, 1.807) is 25.3 Å².